The number of hydrogen-bond donors (Lipinski definition) is 1. The molecule has 0 aliphatic carbocycles. The summed E-state index contributed by atoms with van der Waals surface area (Å²) in [7, 11) is 0. The first-order valence-electron chi connectivity index (χ1n) is 9.65. The van der Waals surface area contributed by atoms with Gasteiger partial charge in [0.1, 0.15) is 11.3 Å². The number of fused-ring (bicyclic) bond motifs is 1. The highest BCUT2D eigenvalue weighted by Crippen LogP contribution is 2.33. The van der Waals surface area contributed by atoms with Gasteiger partial charge in [0.2, 0.25) is 5.91 Å². The Morgan fingerprint density at radius 2 is 2.07 bits per heavy atom. The van der Waals surface area contributed by atoms with E-state index in [0.717, 1.165) is 27.7 Å². The van der Waals surface area contributed by atoms with Crippen molar-refractivity contribution < 1.29 is 23.5 Å². The second-order valence-electron chi connectivity index (χ2n) is 6.64. The zero-order valence-electron chi connectivity index (χ0n) is 17.4. The van der Waals surface area contributed by atoms with Crippen LogP contribution in [0.1, 0.15) is 37.6 Å². The molecule has 158 valence electrons. The van der Waals surface area contributed by atoms with E-state index in [0.29, 0.717) is 29.8 Å². The molecule has 0 fully saturated rings. The molecule has 2 aromatic heterocycles. The summed E-state index contributed by atoms with van der Waals surface area (Å²) in [5.74, 6) is 0.00710. The fourth-order valence-corrected chi connectivity index (χ4v) is 3.70. The van der Waals surface area contributed by atoms with Crippen molar-refractivity contribution in [2.45, 2.75) is 34.1 Å². The van der Waals surface area contributed by atoms with Gasteiger partial charge in [-0.05, 0) is 44.9 Å². The molecule has 7 nitrogen and oxygen atoms in total. The molecule has 1 aromatic carbocycles. The van der Waals surface area contributed by atoms with E-state index in [2.05, 4.69) is 10.3 Å². The van der Waals surface area contributed by atoms with Crippen molar-refractivity contribution in [3.05, 3.63) is 46.7 Å². The Balaban J connectivity index is 1.77. The van der Waals surface area contributed by atoms with Crippen LogP contribution < -0.4 is 10.1 Å². The van der Waals surface area contributed by atoms with Crippen LogP contribution in [-0.4, -0.2) is 30.1 Å². The predicted molar refractivity (Wildman–Crippen MR) is 117 cm³/mol. The third-order valence-electron chi connectivity index (χ3n) is 4.35. The highest BCUT2D eigenvalue weighted by molar-refractivity contribution is 7.14. The lowest BCUT2D eigenvalue weighted by molar-refractivity contribution is -0.142. The lowest BCUT2D eigenvalue weighted by Crippen LogP contribution is -2.10. The molecule has 3 rings (SSSR count). The van der Waals surface area contributed by atoms with E-state index >= 15 is 0 Å². The number of ether oxygens (including phenoxy) is 2. The molecular formula is C22H24N2O5S. The summed E-state index contributed by atoms with van der Waals surface area (Å²) < 4.78 is 16.2. The third-order valence-corrected chi connectivity index (χ3v) is 5.16. The highest BCUT2D eigenvalue weighted by Gasteiger charge is 2.14. The van der Waals surface area contributed by atoms with E-state index in [1.165, 1.54) is 17.4 Å². The largest absolute Gasteiger partial charge is 0.493 e. The second kappa shape index (κ2) is 9.58. The number of esters is 1. The van der Waals surface area contributed by atoms with Gasteiger partial charge in [-0.25, -0.2) is 4.98 Å². The molecule has 0 radical (unpaired) electrons. The minimum absolute atomic E-state index is 0.0802. The molecule has 8 heteroatoms. The molecular weight excluding hydrogens is 404 g/mol. The van der Waals surface area contributed by atoms with Crippen molar-refractivity contribution in [1.82, 2.24) is 4.98 Å². The van der Waals surface area contributed by atoms with Gasteiger partial charge in [0, 0.05) is 28.5 Å². The van der Waals surface area contributed by atoms with Crippen LogP contribution in [0.3, 0.4) is 0 Å². The summed E-state index contributed by atoms with van der Waals surface area (Å²) >= 11 is 1.26. The van der Waals surface area contributed by atoms with E-state index < -0.39 is 0 Å². The molecule has 0 saturated heterocycles. The molecule has 0 spiro atoms. The number of thiazole rings is 1. The standard InChI is InChI=1S/C22H24N2O5S/c1-5-27-18-10-19-17(14(4)11-29-19)9-16(18)13(3)7-20(25)24-22-23-15(12-30-22)8-21(26)28-6-2/h7,9-12H,5-6,8H2,1-4H3,(H,23,24,25)/b13-7+. The number of aromatic nitrogens is 1. The number of carbonyl (C=O) groups is 2. The maximum atomic E-state index is 12.5. The van der Waals surface area contributed by atoms with Crippen LogP contribution >= 0.6 is 11.3 Å². The van der Waals surface area contributed by atoms with Crippen molar-refractivity contribution in [2.75, 3.05) is 18.5 Å². The summed E-state index contributed by atoms with van der Waals surface area (Å²) in [6, 6.07) is 3.82. The van der Waals surface area contributed by atoms with Crippen LogP contribution in [0, 0.1) is 6.92 Å². The molecule has 1 N–H and O–H groups in total. The maximum absolute atomic E-state index is 12.5. The van der Waals surface area contributed by atoms with Crippen LogP contribution in [0.15, 0.2) is 34.3 Å². The van der Waals surface area contributed by atoms with Gasteiger partial charge in [-0.15, -0.1) is 11.3 Å². The Labute approximate surface area is 178 Å². The van der Waals surface area contributed by atoms with Gasteiger partial charge in [-0.3, -0.25) is 14.9 Å². The van der Waals surface area contributed by atoms with Crippen LogP contribution in [0.25, 0.3) is 16.5 Å². The Morgan fingerprint density at radius 3 is 2.80 bits per heavy atom. The van der Waals surface area contributed by atoms with Crippen LogP contribution in [-0.2, 0) is 20.7 Å². The normalized spacial score (nSPS) is 11.5. The molecule has 0 bridgehead atoms. The number of benzene rings is 1. The molecule has 2 heterocycles. The molecule has 0 atom stereocenters. The number of furan rings is 1. The molecule has 3 aromatic rings. The van der Waals surface area contributed by atoms with Gasteiger partial charge in [0.15, 0.2) is 5.13 Å². The van der Waals surface area contributed by atoms with E-state index in [1.807, 2.05) is 32.9 Å². The number of nitrogens with zero attached hydrogens (tertiary/aromatic N) is 1. The lowest BCUT2D eigenvalue weighted by atomic mass is 10.0. The molecule has 0 unspecified atom stereocenters. The van der Waals surface area contributed by atoms with Gasteiger partial charge >= 0.3 is 5.97 Å². The van der Waals surface area contributed by atoms with E-state index in [-0.39, 0.29) is 18.3 Å². The van der Waals surface area contributed by atoms with Gasteiger partial charge in [-0.1, -0.05) is 0 Å². The number of amides is 1. The first kappa shape index (κ1) is 21.6. The van der Waals surface area contributed by atoms with Crippen molar-refractivity contribution in [1.29, 1.82) is 0 Å². The average Bonchev–Trinajstić information content (AvgIpc) is 3.27. The van der Waals surface area contributed by atoms with Crippen molar-refractivity contribution in [3.8, 4) is 5.75 Å². The molecule has 0 aliphatic heterocycles. The number of hydrogen-bond acceptors (Lipinski definition) is 7. The first-order valence-corrected chi connectivity index (χ1v) is 10.5. The van der Waals surface area contributed by atoms with Crippen LogP contribution in [0.2, 0.25) is 0 Å². The quantitative estimate of drug-likeness (QED) is 0.411. The lowest BCUT2D eigenvalue weighted by Gasteiger charge is -2.11. The van der Waals surface area contributed by atoms with Gasteiger partial charge < -0.3 is 13.9 Å². The summed E-state index contributed by atoms with van der Waals surface area (Å²) in [4.78, 5) is 28.3. The van der Waals surface area contributed by atoms with Crippen molar-refractivity contribution in [3.63, 3.8) is 0 Å². The summed E-state index contributed by atoms with van der Waals surface area (Å²) in [6.07, 6.45) is 3.29. The van der Waals surface area contributed by atoms with Crippen LogP contribution in [0.5, 0.6) is 5.75 Å². The minimum atomic E-state index is -0.343. The molecule has 0 saturated carbocycles. The topological polar surface area (TPSA) is 90.7 Å². The predicted octanol–water partition coefficient (Wildman–Crippen LogP) is 4.74. The number of allylic oxidation sites excluding steroid dienone is 1. The number of rotatable bonds is 8. The zero-order chi connectivity index (χ0) is 21.7. The van der Waals surface area contributed by atoms with Gasteiger partial charge in [0.05, 0.1) is 31.6 Å². The van der Waals surface area contributed by atoms with Gasteiger partial charge in [0.25, 0.3) is 0 Å². The SMILES string of the molecule is CCOC(=O)Cc1csc(NC(=O)/C=C(\C)c2cc3c(C)coc3cc2OCC)n1. The van der Waals surface area contributed by atoms with Crippen LogP contribution in [0.4, 0.5) is 5.13 Å². The van der Waals surface area contributed by atoms with E-state index in [1.54, 1.807) is 18.6 Å². The molecule has 30 heavy (non-hydrogen) atoms. The fraction of sp³-hybridized carbons (Fsp3) is 0.318. The molecule has 0 aliphatic rings. The summed E-state index contributed by atoms with van der Waals surface area (Å²) in [5.41, 5.74) is 3.90. The molecule has 1 amide bonds. The summed E-state index contributed by atoms with van der Waals surface area (Å²) in [6.45, 7) is 8.31. The minimum Gasteiger partial charge on any atom is -0.493 e. The first-order chi connectivity index (χ1) is 14.4. The number of carbonyl (C=O) groups excluding carboxylic acids is 2. The Bertz CT molecular complexity index is 1100. The second-order valence-corrected chi connectivity index (χ2v) is 7.50. The Morgan fingerprint density at radius 1 is 1.27 bits per heavy atom. The number of anilines is 1. The van der Waals surface area contributed by atoms with Gasteiger partial charge in [-0.2, -0.15) is 0 Å². The average molecular weight is 429 g/mol. The van der Waals surface area contributed by atoms with Crippen molar-refractivity contribution >= 4 is 44.9 Å². The Kier molecular flexibility index (Phi) is 6.89. The van der Waals surface area contributed by atoms with E-state index in [4.69, 9.17) is 13.9 Å². The summed E-state index contributed by atoms with van der Waals surface area (Å²) in [5, 5.41) is 5.87. The number of aryl methyl sites for hydroxylation is 1. The smallest absolute Gasteiger partial charge is 0.311 e. The van der Waals surface area contributed by atoms with E-state index in [9.17, 15) is 9.59 Å². The Hall–Kier alpha value is -3.13. The zero-order valence-corrected chi connectivity index (χ0v) is 18.2. The highest BCUT2D eigenvalue weighted by atomic mass is 32.1. The number of nitrogens with one attached hydrogen (secondary N) is 1. The monoisotopic (exact) mass is 428 g/mol. The third kappa shape index (κ3) is 5.07. The maximum Gasteiger partial charge on any atom is 0.311 e. The van der Waals surface area contributed by atoms with Crippen molar-refractivity contribution in [2.24, 2.45) is 0 Å². The fourth-order valence-electron chi connectivity index (χ4n) is 2.99.